The van der Waals surface area contributed by atoms with Gasteiger partial charge in [-0.25, -0.2) is 13.8 Å². The Kier molecular flexibility index (Phi) is 6.93. The molecule has 0 radical (unpaired) electrons. The predicted molar refractivity (Wildman–Crippen MR) is 121 cm³/mol. The molecule has 1 amide bonds. The minimum atomic E-state index is -0.324. The first-order valence-corrected chi connectivity index (χ1v) is 11.6. The molecule has 5 nitrogen and oxygen atoms in total. The second kappa shape index (κ2) is 10.0. The smallest absolute Gasteiger partial charge is 0.228 e. The average Bonchev–Trinajstić information content (AvgIpc) is 3.42. The number of benzene rings is 2. The Hall–Kier alpha value is -2.78. The van der Waals surface area contributed by atoms with Gasteiger partial charge in [0.1, 0.15) is 11.6 Å². The van der Waals surface area contributed by atoms with Gasteiger partial charge in [0.2, 0.25) is 5.91 Å². The van der Waals surface area contributed by atoms with Gasteiger partial charge in [-0.2, -0.15) is 5.10 Å². The summed E-state index contributed by atoms with van der Waals surface area (Å²) in [6.45, 7) is 0.960. The van der Waals surface area contributed by atoms with Crippen molar-refractivity contribution in [3.8, 4) is 0 Å². The second-order valence-corrected chi connectivity index (χ2v) is 9.01. The molecule has 2 aromatic heterocycles. The molecule has 160 valence electrons. The number of carbonyl (C=O) groups is 1. The van der Waals surface area contributed by atoms with Crippen LogP contribution in [0.4, 0.5) is 13.9 Å². The van der Waals surface area contributed by atoms with Gasteiger partial charge in [-0.1, -0.05) is 11.3 Å². The Labute approximate surface area is 186 Å². The molecule has 2 heterocycles. The highest BCUT2D eigenvalue weighted by Gasteiger charge is 2.20. The van der Waals surface area contributed by atoms with Crippen molar-refractivity contribution < 1.29 is 13.6 Å². The lowest BCUT2D eigenvalue weighted by Gasteiger charge is -2.20. The highest BCUT2D eigenvalue weighted by Crippen LogP contribution is 2.30. The van der Waals surface area contributed by atoms with Crippen molar-refractivity contribution >= 4 is 44.4 Å². The van der Waals surface area contributed by atoms with Gasteiger partial charge in [0.15, 0.2) is 5.13 Å². The molecule has 0 aliphatic rings. The summed E-state index contributed by atoms with van der Waals surface area (Å²) in [4.78, 5) is 20.2. The van der Waals surface area contributed by atoms with E-state index in [-0.39, 0.29) is 17.5 Å². The van der Waals surface area contributed by atoms with E-state index >= 15 is 0 Å². The third-order valence-electron chi connectivity index (χ3n) is 4.60. The van der Waals surface area contributed by atoms with Crippen LogP contribution >= 0.6 is 23.1 Å². The Morgan fingerprint density at radius 1 is 1.13 bits per heavy atom. The molecule has 0 N–H and O–H groups in total. The topological polar surface area (TPSA) is 51.0 Å². The zero-order valence-corrected chi connectivity index (χ0v) is 18.2. The van der Waals surface area contributed by atoms with Crippen LogP contribution in [-0.4, -0.2) is 33.0 Å². The van der Waals surface area contributed by atoms with Crippen molar-refractivity contribution in [3.05, 3.63) is 72.6 Å². The maximum absolute atomic E-state index is 13.6. The van der Waals surface area contributed by atoms with Crippen molar-refractivity contribution in [2.24, 2.45) is 0 Å². The molecular weight excluding hydrogens is 438 g/mol. The van der Waals surface area contributed by atoms with E-state index in [1.165, 1.54) is 35.6 Å². The molecule has 0 aliphatic carbocycles. The number of carbonyl (C=O) groups excluding carboxylic acids is 1. The number of fused-ring (bicyclic) bond motifs is 1. The Balaban J connectivity index is 1.42. The van der Waals surface area contributed by atoms with Crippen LogP contribution in [0, 0.1) is 11.6 Å². The molecule has 31 heavy (non-hydrogen) atoms. The maximum Gasteiger partial charge on any atom is 0.228 e. The first-order valence-electron chi connectivity index (χ1n) is 9.81. The van der Waals surface area contributed by atoms with Crippen molar-refractivity contribution in [2.75, 3.05) is 17.2 Å². The minimum absolute atomic E-state index is 0.0357. The standard InChI is InChI=1S/C22H20F2N4OS2/c23-16-4-7-18(8-5-16)30-14-1-3-21(29)28(13-12-27-11-2-10-25-27)22-26-19-9-6-17(24)15-20(19)31-22/h2,4-11,15H,1,3,12-14H2. The van der Waals surface area contributed by atoms with Crippen LogP contribution in [0.15, 0.2) is 65.8 Å². The van der Waals surface area contributed by atoms with E-state index in [2.05, 4.69) is 10.1 Å². The van der Waals surface area contributed by atoms with E-state index in [0.717, 1.165) is 10.6 Å². The van der Waals surface area contributed by atoms with Gasteiger partial charge < -0.3 is 0 Å². The van der Waals surface area contributed by atoms with Gasteiger partial charge in [-0.05, 0) is 60.7 Å². The van der Waals surface area contributed by atoms with Gasteiger partial charge in [0, 0.05) is 30.3 Å². The number of anilines is 1. The largest absolute Gasteiger partial charge is 0.286 e. The summed E-state index contributed by atoms with van der Waals surface area (Å²) in [5, 5.41) is 4.75. The number of hydrogen-bond donors (Lipinski definition) is 0. The number of amides is 1. The first-order chi connectivity index (χ1) is 15.1. The van der Waals surface area contributed by atoms with Gasteiger partial charge in [0.25, 0.3) is 0 Å². The van der Waals surface area contributed by atoms with Crippen molar-refractivity contribution in [1.29, 1.82) is 0 Å². The fourth-order valence-corrected chi connectivity index (χ4v) is 4.93. The lowest BCUT2D eigenvalue weighted by atomic mass is 10.3. The van der Waals surface area contributed by atoms with E-state index in [0.29, 0.717) is 41.3 Å². The molecule has 0 saturated heterocycles. The van der Waals surface area contributed by atoms with Crippen LogP contribution < -0.4 is 4.90 Å². The number of nitrogens with zero attached hydrogens (tertiary/aromatic N) is 4. The van der Waals surface area contributed by atoms with E-state index < -0.39 is 0 Å². The van der Waals surface area contributed by atoms with Crippen LogP contribution in [0.1, 0.15) is 12.8 Å². The lowest BCUT2D eigenvalue weighted by Crippen LogP contribution is -2.34. The summed E-state index contributed by atoms with van der Waals surface area (Å²) in [5.41, 5.74) is 0.671. The SMILES string of the molecule is O=C(CCCSc1ccc(F)cc1)N(CCn1cccn1)c1nc2ccc(F)cc2s1. The number of aromatic nitrogens is 3. The summed E-state index contributed by atoms with van der Waals surface area (Å²) in [6.07, 6.45) is 4.57. The van der Waals surface area contributed by atoms with Crippen molar-refractivity contribution in [2.45, 2.75) is 24.3 Å². The molecule has 0 spiro atoms. The molecular formula is C22H20F2N4OS2. The fraction of sp³-hybridized carbons (Fsp3) is 0.227. The molecule has 4 aromatic rings. The first kappa shape index (κ1) is 21.5. The minimum Gasteiger partial charge on any atom is -0.286 e. The van der Waals surface area contributed by atoms with E-state index in [4.69, 9.17) is 0 Å². The van der Waals surface area contributed by atoms with Gasteiger partial charge in [-0.15, -0.1) is 11.8 Å². The highest BCUT2D eigenvalue weighted by molar-refractivity contribution is 7.99. The fourth-order valence-electron chi connectivity index (χ4n) is 3.04. The molecule has 0 aliphatic heterocycles. The van der Waals surface area contributed by atoms with Crippen molar-refractivity contribution in [1.82, 2.24) is 14.8 Å². The molecule has 0 fully saturated rings. The molecule has 2 aromatic carbocycles. The zero-order chi connectivity index (χ0) is 21.6. The average molecular weight is 459 g/mol. The van der Waals surface area contributed by atoms with Gasteiger partial charge in [0.05, 0.1) is 16.8 Å². The normalized spacial score (nSPS) is 11.2. The second-order valence-electron chi connectivity index (χ2n) is 6.83. The summed E-state index contributed by atoms with van der Waals surface area (Å²) in [5.74, 6) is 0.125. The summed E-state index contributed by atoms with van der Waals surface area (Å²) in [7, 11) is 0. The third-order valence-corrected chi connectivity index (χ3v) is 6.74. The van der Waals surface area contributed by atoms with Crippen LogP contribution in [0.25, 0.3) is 10.2 Å². The van der Waals surface area contributed by atoms with E-state index in [9.17, 15) is 13.6 Å². The Bertz CT molecular complexity index is 1150. The number of rotatable bonds is 9. The molecule has 0 saturated carbocycles. The molecule has 0 unspecified atom stereocenters. The Morgan fingerprint density at radius 3 is 2.71 bits per heavy atom. The summed E-state index contributed by atoms with van der Waals surface area (Å²) in [6, 6.07) is 12.6. The molecule has 0 atom stereocenters. The van der Waals surface area contributed by atoms with Crippen LogP contribution in [-0.2, 0) is 11.3 Å². The van der Waals surface area contributed by atoms with E-state index in [1.807, 2.05) is 12.3 Å². The summed E-state index contributed by atoms with van der Waals surface area (Å²) >= 11 is 2.90. The predicted octanol–water partition coefficient (Wildman–Crippen LogP) is 5.38. The zero-order valence-electron chi connectivity index (χ0n) is 16.6. The summed E-state index contributed by atoms with van der Waals surface area (Å²) < 4.78 is 29.1. The number of hydrogen-bond acceptors (Lipinski definition) is 5. The molecule has 4 rings (SSSR count). The highest BCUT2D eigenvalue weighted by atomic mass is 32.2. The number of thioether (sulfide) groups is 1. The lowest BCUT2D eigenvalue weighted by molar-refractivity contribution is -0.118. The van der Waals surface area contributed by atoms with Gasteiger partial charge >= 0.3 is 0 Å². The quantitative estimate of drug-likeness (QED) is 0.250. The number of halogens is 2. The maximum atomic E-state index is 13.6. The van der Waals surface area contributed by atoms with E-state index in [1.54, 1.807) is 45.7 Å². The number of thiazole rings is 1. The van der Waals surface area contributed by atoms with Crippen LogP contribution in [0.2, 0.25) is 0 Å². The van der Waals surface area contributed by atoms with Crippen molar-refractivity contribution in [3.63, 3.8) is 0 Å². The van der Waals surface area contributed by atoms with Crippen LogP contribution in [0.3, 0.4) is 0 Å². The van der Waals surface area contributed by atoms with Crippen LogP contribution in [0.5, 0.6) is 0 Å². The molecule has 9 heteroatoms. The molecule has 0 bridgehead atoms. The monoisotopic (exact) mass is 458 g/mol. The Morgan fingerprint density at radius 2 is 1.94 bits per heavy atom. The van der Waals surface area contributed by atoms with Gasteiger partial charge in [-0.3, -0.25) is 14.4 Å². The third kappa shape index (κ3) is 5.68.